The summed E-state index contributed by atoms with van der Waals surface area (Å²) < 4.78 is 5.95. The van der Waals surface area contributed by atoms with Crippen molar-refractivity contribution in [2.75, 3.05) is 13.2 Å². The summed E-state index contributed by atoms with van der Waals surface area (Å²) in [7, 11) is 0. The highest BCUT2D eigenvalue weighted by atomic mass is 16.5. The molecule has 0 aromatic heterocycles. The van der Waals surface area contributed by atoms with Crippen LogP contribution in [0.4, 0.5) is 0 Å². The van der Waals surface area contributed by atoms with Gasteiger partial charge in [0.15, 0.2) is 0 Å². The van der Waals surface area contributed by atoms with Crippen molar-refractivity contribution in [3.8, 4) is 5.75 Å². The molecule has 0 bridgehead atoms. The maximum Gasteiger partial charge on any atom is 0.119 e. The summed E-state index contributed by atoms with van der Waals surface area (Å²) in [5, 5.41) is 0. The standard InChI is InChI=1S/C22H23NO/c23-18-22(19-10-4-1-5-11-19,20-12-6-2-7-13-20)16-17-24-21-14-8-3-9-15-21/h1-15H,16-18,23H2. The van der Waals surface area contributed by atoms with Gasteiger partial charge in [0, 0.05) is 12.0 Å². The molecular weight excluding hydrogens is 294 g/mol. The molecule has 2 N–H and O–H groups in total. The second kappa shape index (κ2) is 7.80. The maximum absolute atomic E-state index is 6.30. The Bertz CT molecular complexity index is 686. The molecular formula is C22H23NO. The summed E-state index contributed by atoms with van der Waals surface area (Å²) in [5.74, 6) is 0.893. The third kappa shape index (κ3) is 3.50. The lowest BCUT2D eigenvalue weighted by molar-refractivity contribution is 0.275. The van der Waals surface area contributed by atoms with E-state index in [1.165, 1.54) is 11.1 Å². The van der Waals surface area contributed by atoms with Crippen LogP contribution >= 0.6 is 0 Å². The summed E-state index contributed by atoms with van der Waals surface area (Å²) >= 11 is 0. The maximum atomic E-state index is 6.30. The Morgan fingerprint density at radius 1 is 0.667 bits per heavy atom. The zero-order valence-electron chi connectivity index (χ0n) is 13.8. The molecule has 2 nitrogen and oxygen atoms in total. The predicted molar refractivity (Wildman–Crippen MR) is 99.3 cm³/mol. The van der Waals surface area contributed by atoms with E-state index in [0.29, 0.717) is 13.2 Å². The van der Waals surface area contributed by atoms with E-state index in [0.717, 1.165) is 12.2 Å². The molecule has 0 aliphatic carbocycles. The van der Waals surface area contributed by atoms with Gasteiger partial charge >= 0.3 is 0 Å². The first-order valence-electron chi connectivity index (χ1n) is 8.34. The van der Waals surface area contributed by atoms with E-state index in [9.17, 15) is 0 Å². The van der Waals surface area contributed by atoms with Crippen molar-refractivity contribution in [2.45, 2.75) is 11.8 Å². The van der Waals surface area contributed by atoms with Crippen molar-refractivity contribution in [3.63, 3.8) is 0 Å². The molecule has 0 saturated carbocycles. The van der Waals surface area contributed by atoms with Gasteiger partial charge in [0.05, 0.1) is 6.61 Å². The quantitative estimate of drug-likeness (QED) is 0.701. The van der Waals surface area contributed by atoms with Gasteiger partial charge in [-0.25, -0.2) is 0 Å². The smallest absolute Gasteiger partial charge is 0.119 e. The predicted octanol–water partition coefficient (Wildman–Crippen LogP) is 4.40. The van der Waals surface area contributed by atoms with Crippen molar-refractivity contribution in [2.24, 2.45) is 5.73 Å². The van der Waals surface area contributed by atoms with Crippen molar-refractivity contribution in [3.05, 3.63) is 102 Å². The van der Waals surface area contributed by atoms with Gasteiger partial charge in [-0.15, -0.1) is 0 Å². The molecule has 0 saturated heterocycles. The minimum absolute atomic E-state index is 0.239. The normalized spacial score (nSPS) is 11.2. The van der Waals surface area contributed by atoms with Crippen LogP contribution in [0, 0.1) is 0 Å². The van der Waals surface area contributed by atoms with Crippen molar-refractivity contribution in [1.82, 2.24) is 0 Å². The lowest BCUT2D eigenvalue weighted by Crippen LogP contribution is -2.38. The first kappa shape index (κ1) is 16.3. The number of hydrogen-bond donors (Lipinski definition) is 1. The highest BCUT2D eigenvalue weighted by Gasteiger charge is 2.32. The van der Waals surface area contributed by atoms with Gasteiger partial charge in [-0.05, 0) is 29.7 Å². The zero-order chi connectivity index (χ0) is 16.7. The molecule has 0 fully saturated rings. The SMILES string of the molecule is NCC(CCOc1ccccc1)(c1ccccc1)c1ccccc1. The molecule has 3 rings (SSSR count). The van der Waals surface area contributed by atoms with Gasteiger partial charge < -0.3 is 10.5 Å². The van der Waals surface area contributed by atoms with Gasteiger partial charge in [-0.1, -0.05) is 78.9 Å². The Labute approximate surface area is 143 Å². The number of ether oxygens (including phenoxy) is 1. The van der Waals surface area contributed by atoms with E-state index in [2.05, 4.69) is 48.5 Å². The highest BCUT2D eigenvalue weighted by molar-refractivity contribution is 5.40. The van der Waals surface area contributed by atoms with Crippen LogP contribution in [0.3, 0.4) is 0 Å². The molecule has 0 radical (unpaired) electrons. The molecule has 0 aliphatic rings. The van der Waals surface area contributed by atoms with Gasteiger partial charge in [0.25, 0.3) is 0 Å². The van der Waals surface area contributed by atoms with Crippen molar-refractivity contribution >= 4 is 0 Å². The Morgan fingerprint density at radius 2 is 1.12 bits per heavy atom. The van der Waals surface area contributed by atoms with E-state index < -0.39 is 0 Å². The molecule has 3 aromatic carbocycles. The molecule has 0 atom stereocenters. The first-order chi connectivity index (χ1) is 11.8. The fraction of sp³-hybridized carbons (Fsp3) is 0.182. The topological polar surface area (TPSA) is 35.2 Å². The zero-order valence-corrected chi connectivity index (χ0v) is 13.8. The second-order valence-electron chi connectivity index (χ2n) is 5.93. The van der Waals surface area contributed by atoms with E-state index in [-0.39, 0.29) is 5.41 Å². The lowest BCUT2D eigenvalue weighted by Gasteiger charge is -2.34. The van der Waals surface area contributed by atoms with Gasteiger partial charge in [-0.2, -0.15) is 0 Å². The summed E-state index contributed by atoms with van der Waals surface area (Å²) in [6.07, 6.45) is 0.826. The van der Waals surface area contributed by atoms with Gasteiger partial charge in [0.1, 0.15) is 5.75 Å². The minimum Gasteiger partial charge on any atom is -0.494 e. The van der Waals surface area contributed by atoms with Crippen LogP contribution in [-0.2, 0) is 5.41 Å². The monoisotopic (exact) mass is 317 g/mol. The number of nitrogens with two attached hydrogens (primary N) is 1. The van der Waals surface area contributed by atoms with E-state index >= 15 is 0 Å². The second-order valence-corrected chi connectivity index (χ2v) is 5.93. The largest absolute Gasteiger partial charge is 0.494 e. The highest BCUT2D eigenvalue weighted by Crippen LogP contribution is 2.35. The average Bonchev–Trinajstić information content (AvgIpc) is 2.68. The molecule has 0 amide bonds. The van der Waals surface area contributed by atoms with E-state index in [4.69, 9.17) is 10.5 Å². The van der Waals surface area contributed by atoms with Crippen LogP contribution in [0.2, 0.25) is 0 Å². The van der Waals surface area contributed by atoms with E-state index in [1.54, 1.807) is 0 Å². The number of benzene rings is 3. The Balaban J connectivity index is 1.87. The number of rotatable bonds is 7. The van der Waals surface area contributed by atoms with Crippen LogP contribution in [0.15, 0.2) is 91.0 Å². The Kier molecular flexibility index (Phi) is 5.29. The van der Waals surface area contributed by atoms with Crippen LogP contribution in [0.5, 0.6) is 5.75 Å². The average molecular weight is 317 g/mol. The lowest BCUT2D eigenvalue weighted by atomic mass is 9.72. The molecule has 0 aliphatic heterocycles. The number of hydrogen-bond acceptors (Lipinski definition) is 2. The minimum atomic E-state index is -0.239. The third-order valence-corrected chi connectivity index (χ3v) is 4.54. The fourth-order valence-electron chi connectivity index (χ4n) is 3.17. The van der Waals surface area contributed by atoms with Crippen LogP contribution in [0.1, 0.15) is 17.5 Å². The van der Waals surface area contributed by atoms with Crippen LogP contribution < -0.4 is 10.5 Å². The summed E-state index contributed by atoms with van der Waals surface area (Å²) in [5.41, 5.74) is 8.52. The molecule has 24 heavy (non-hydrogen) atoms. The van der Waals surface area contributed by atoms with Crippen molar-refractivity contribution in [1.29, 1.82) is 0 Å². The van der Waals surface area contributed by atoms with Gasteiger partial charge in [-0.3, -0.25) is 0 Å². The third-order valence-electron chi connectivity index (χ3n) is 4.54. The fourth-order valence-corrected chi connectivity index (χ4v) is 3.17. The van der Waals surface area contributed by atoms with Crippen LogP contribution in [0.25, 0.3) is 0 Å². The van der Waals surface area contributed by atoms with Gasteiger partial charge in [0.2, 0.25) is 0 Å². The molecule has 3 aromatic rings. The van der Waals surface area contributed by atoms with E-state index in [1.807, 2.05) is 42.5 Å². The number of para-hydroxylation sites is 1. The summed E-state index contributed by atoms with van der Waals surface area (Å²) in [4.78, 5) is 0. The van der Waals surface area contributed by atoms with Crippen LogP contribution in [-0.4, -0.2) is 13.2 Å². The summed E-state index contributed by atoms with van der Waals surface area (Å²) in [6, 6.07) is 30.9. The molecule has 0 heterocycles. The Morgan fingerprint density at radius 3 is 1.58 bits per heavy atom. The molecule has 0 spiro atoms. The first-order valence-corrected chi connectivity index (χ1v) is 8.34. The molecule has 0 unspecified atom stereocenters. The van der Waals surface area contributed by atoms with Crippen molar-refractivity contribution < 1.29 is 4.74 Å². The Hall–Kier alpha value is -2.58. The summed E-state index contributed by atoms with van der Waals surface area (Å²) in [6.45, 7) is 1.16. The molecule has 122 valence electrons. The molecule has 2 heteroatoms.